The maximum Gasteiger partial charge on any atom is 0.160 e. The topological polar surface area (TPSA) is 54.4 Å². The van der Waals surface area contributed by atoms with E-state index in [1.165, 1.54) is 6.42 Å². The Morgan fingerprint density at radius 1 is 1.33 bits per heavy atom. The van der Waals surface area contributed by atoms with E-state index in [4.69, 9.17) is 16.5 Å². The number of hydrogen-bond acceptors (Lipinski definition) is 5. The summed E-state index contributed by atoms with van der Waals surface area (Å²) >= 11 is 6.28. The Morgan fingerprint density at radius 3 is 2.74 bits per heavy atom. The molecule has 27 heavy (non-hydrogen) atoms. The van der Waals surface area contributed by atoms with Gasteiger partial charge in [-0.15, -0.1) is 0 Å². The predicted molar refractivity (Wildman–Crippen MR) is 117 cm³/mol. The Kier molecular flexibility index (Phi) is 6.12. The van der Waals surface area contributed by atoms with Gasteiger partial charge in [0.05, 0.1) is 18.5 Å². The molecule has 6 heteroatoms. The molecular weight excluding hydrogens is 375 g/mol. The van der Waals surface area contributed by atoms with Crippen molar-refractivity contribution in [2.24, 2.45) is 5.92 Å². The highest BCUT2D eigenvalue weighted by atomic mass is 32.4. The molecule has 0 saturated carbocycles. The van der Waals surface area contributed by atoms with E-state index in [1.807, 2.05) is 32.0 Å². The molecule has 3 rings (SSSR count). The average Bonchev–Trinajstić information content (AvgIpc) is 2.97. The van der Waals surface area contributed by atoms with Crippen LogP contribution < -0.4 is 10.1 Å². The lowest BCUT2D eigenvalue weighted by molar-refractivity contribution is 0.373. The van der Waals surface area contributed by atoms with E-state index in [0.29, 0.717) is 11.7 Å². The summed E-state index contributed by atoms with van der Waals surface area (Å²) in [5, 5.41) is 13.6. The number of ether oxygens (including phenoxy) is 1. The van der Waals surface area contributed by atoms with Crippen LogP contribution in [0.5, 0.6) is 11.5 Å². The molecule has 2 aromatic rings. The number of hydrogen-bond donors (Lipinski definition) is 2. The van der Waals surface area contributed by atoms with Crippen molar-refractivity contribution in [3.05, 3.63) is 47.3 Å². The molecule has 1 fully saturated rings. The predicted octanol–water partition coefficient (Wildman–Crippen LogP) is 5.09. The van der Waals surface area contributed by atoms with E-state index >= 15 is 0 Å². The number of pyridine rings is 1. The van der Waals surface area contributed by atoms with Crippen molar-refractivity contribution < 1.29 is 9.84 Å². The van der Waals surface area contributed by atoms with E-state index in [0.717, 1.165) is 41.5 Å². The van der Waals surface area contributed by atoms with Crippen molar-refractivity contribution in [1.82, 2.24) is 4.98 Å². The van der Waals surface area contributed by atoms with Gasteiger partial charge < -0.3 is 15.2 Å². The number of benzene rings is 1. The number of nitrogens with zero attached hydrogens (tertiary/aromatic N) is 1. The van der Waals surface area contributed by atoms with Gasteiger partial charge in [0.15, 0.2) is 11.5 Å². The third kappa shape index (κ3) is 4.47. The quantitative estimate of drug-likeness (QED) is 0.657. The highest BCUT2D eigenvalue weighted by Crippen LogP contribution is 2.65. The standard InChI is InChI=1S/C21H29N2O2PS/c1-14-9-10-26(27,13-14)21(17-6-8-19(24)20(11-17)25-4)12-22-18-7-5-15(2)23-16(18)3/h5-8,11,14,21-22,24H,9-10,12-13H2,1-4H3/t14-,21?,26?/m1/s1. The van der Waals surface area contributed by atoms with Gasteiger partial charge in [-0.25, -0.2) is 0 Å². The lowest BCUT2D eigenvalue weighted by atomic mass is 10.1. The van der Waals surface area contributed by atoms with Crippen LogP contribution in [0, 0.1) is 19.8 Å². The van der Waals surface area contributed by atoms with E-state index in [-0.39, 0.29) is 11.4 Å². The van der Waals surface area contributed by atoms with Crippen molar-refractivity contribution in [2.75, 3.05) is 31.3 Å². The molecule has 1 aromatic heterocycles. The number of phenols is 1. The Morgan fingerprint density at radius 2 is 2.11 bits per heavy atom. The zero-order chi connectivity index (χ0) is 19.6. The molecule has 0 bridgehead atoms. The Hall–Kier alpha value is -1.58. The van der Waals surface area contributed by atoms with Gasteiger partial charge >= 0.3 is 0 Å². The maximum absolute atomic E-state index is 9.99. The minimum absolute atomic E-state index is 0.170. The van der Waals surface area contributed by atoms with Crippen LogP contribution in [0.1, 0.15) is 36.0 Å². The zero-order valence-electron chi connectivity index (χ0n) is 16.5. The van der Waals surface area contributed by atoms with Crippen LogP contribution in [0.25, 0.3) is 0 Å². The van der Waals surface area contributed by atoms with Crippen molar-refractivity contribution >= 4 is 23.5 Å². The summed E-state index contributed by atoms with van der Waals surface area (Å²) in [6.07, 6.45) is 3.50. The number of phenolic OH excluding ortho intramolecular Hbond substituents is 1. The minimum atomic E-state index is -1.55. The number of aryl methyl sites for hydroxylation is 2. The molecule has 1 saturated heterocycles. The Balaban J connectivity index is 1.92. The summed E-state index contributed by atoms with van der Waals surface area (Å²) in [4.78, 5) is 4.56. The van der Waals surface area contributed by atoms with Gasteiger partial charge in [-0.1, -0.05) is 24.8 Å². The number of methoxy groups -OCH3 is 1. The molecule has 1 aromatic carbocycles. The highest BCUT2D eigenvalue weighted by Gasteiger charge is 2.36. The minimum Gasteiger partial charge on any atom is -0.504 e. The fourth-order valence-electron chi connectivity index (χ4n) is 3.97. The first-order chi connectivity index (χ1) is 12.8. The molecule has 3 atom stereocenters. The van der Waals surface area contributed by atoms with Crippen LogP contribution in [-0.4, -0.2) is 36.1 Å². The highest BCUT2D eigenvalue weighted by molar-refractivity contribution is 8.14. The van der Waals surface area contributed by atoms with Gasteiger partial charge in [-0.3, -0.25) is 4.98 Å². The van der Waals surface area contributed by atoms with Crippen LogP contribution in [0.15, 0.2) is 30.3 Å². The SMILES string of the molecule is COc1cc(C(CNc2ccc(C)nc2C)P2(=S)CC[C@@H](C)C2)ccc1O. The van der Waals surface area contributed by atoms with Crippen LogP contribution in [0.2, 0.25) is 0 Å². The lowest BCUT2D eigenvalue weighted by Gasteiger charge is -2.29. The van der Waals surface area contributed by atoms with E-state index in [1.54, 1.807) is 13.2 Å². The third-order valence-electron chi connectivity index (χ3n) is 5.49. The van der Waals surface area contributed by atoms with E-state index in [2.05, 4.69) is 23.3 Å². The summed E-state index contributed by atoms with van der Waals surface area (Å²) in [7, 11) is 1.59. The van der Waals surface area contributed by atoms with Crippen molar-refractivity contribution in [3.8, 4) is 11.5 Å². The monoisotopic (exact) mass is 404 g/mol. The number of anilines is 1. The molecule has 0 radical (unpaired) electrons. The van der Waals surface area contributed by atoms with Gasteiger partial charge in [0, 0.05) is 17.9 Å². The molecular formula is C21H29N2O2PS. The first-order valence-electron chi connectivity index (χ1n) is 9.45. The number of rotatable bonds is 6. The van der Waals surface area contributed by atoms with Gasteiger partial charge in [-0.05, 0) is 74.4 Å². The number of aromatic hydroxyl groups is 1. The summed E-state index contributed by atoms with van der Waals surface area (Å²) in [5.41, 5.74) is 4.51. The summed E-state index contributed by atoms with van der Waals surface area (Å²) in [5.74, 6) is 1.38. The molecule has 0 aliphatic carbocycles. The van der Waals surface area contributed by atoms with Crippen molar-refractivity contribution in [3.63, 3.8) is 0 Å². The second-order valence-corrected chi connectivity index (χ2v) is 13.2. The molecule has 2 N–H and O–H groups in total. The fraction of sp³-hybridized carbons (Fsp3) is 0.476. The lowest BCUT2D eigenvalue weighted by Crippen LogP contribution is -2.15. The Labute approximate surface area is 167 Å². The number of nitrogens with one attached hydrogen (secondary N) is 1. The summed E-state index contributed by atoms with van der Waals surface area (Å²) < 4.78 is 5.35. The molecule has 0 amide bonds. The zero-order valence-corrected chi connectivity index (χ0v) is 18.2. The molecule has 1 aliphatic heterocycles. The van der Waals surface area contributed by atoms with Crippen molar-refractivity contribution in [2.45, 2.75) is 32.9 Å². The maximum atomic E-state index is 9.99. The molecule has 2 unspecified atom stereocenters. The normalized spacial score (nSPS) is 23.2. The average molecular weight is 405 g/mol. The fourth-order valence-corrected chi connectivity index (χ4v) is 9.63. The second-order valence-electron chi connectivity index (χ2n) is 7.67. The smallest absolute Gasteiger partial charge is 0.160 e. The van der Waals surface area contributed by atoms with Crippen molar-refractivity contribution in [1.29, 1.82) is 0 Å². The van der Waals surface area contributed by atoms with Gasteiger partial charge in [-0.2, -0.15) is 0 Å². The second kappa shape index (κ2) is 8.20. The van der Waals surface area contributed by atoms with E-state index in [9.17, 15) is 5.11 Å². The molecule has 2 heterocycles. The molecule has 1 aliphatic rings. The van der Waals surface area contributed by atoms with Crippen LogP contribution >= 0.6 is 6.04 Å². The largest absolute Gasteiger partial charge is 0.504 e. The third-order valence-corrected chi connectivity index (χ3v) is 11.1. The number of aromatic nitrogens is 1. The Bertz CT molecular complexity index is 871. The first kappa shape index (κ1) is 20.2. The molecule has 0 spiro atoms. The molecule has 4 nitrogen and oxygen atoms in total. The molecule has 146 valence electrons. The van der Waals surface area contributed by atoms with E-state index < -0.39 is 6.04 Å². The van der Waals surface area contributed by atoms with Crippen LogP contribution in [0.3, 0.4) is 0 Å². The summed E-state index contributed by atoms with van der Waals surface area (Å²) in [6, 6.07) is 8.26. The first-order valence-corrected chi connectivity index (χ1v) is 12.7. The van der Waals surface area contributed by atoms with Gasteiger partial charge in [0.2, 0.25) is 0 Å². The van der Waals surface area contributed by atoms with Crippen LogP contribution in [0.4, 0.5) is 5.69 Å². The van der Waals surface area contributed by atoms with Gasteiger partial charge in [0.1, 0.15) is 0 Å². The van der Waals surface area contributed by atoms with Gasteiger partial charge in [0.25, 0.3) is 0 Å². The summed E-state index contributed by atoms with van der Waals surface area (Å²) in [6.45, 7) is 7.13. The van der Waals surface area contributed by atoms with Crippen LogP contribution in [-0.2, 0) is 11.8 Å².